The lowest BCUT2D eigenvalue weighted by Gasteiger charge is -2.25. The number of amides is 1. The van der Waals surface area contributed by atoms with Crippen molar-refractivity contribution in [1.29, 1.82) is 0 Å². The lowest BCUT2D eigenvalue weighted by molar-refractivity contribution is -0.141. The third-order valence-corrected chi connectivity index (χ3v) is 3.98. The first kappa shape index (κ1) is 16.5. The third-order valence-electron chi connectivity index (χ3n) is 3.98. The molecule has 1 aromatic rings. The highest BCUT2D eigenvalue weighted by molar-refractivity contribution is 5.83. The number of rotatable bonds is 6. The Morgan fingerprint density at radius 3 is 2.77 bits per heavy atom. The smallest absolute Gasteiger partial charge is 0.307 e. The number of carbonyl (C=O) groups excluding carboxylic acids is 2. The molecule has 5 heteroatoms. The molecule has 1 aliphatic rings. The van der Waals surface area contributed by atoms with Gasteiger partial charge in [0.1, 0.15) is 0 Å². The summed E-state index contributed by atoms with van der Waals surface area (Å²) in [6, 6.07) is 9.85. The quantitative estimate of drug-likeness (QED) is 0.813. The topological polar surface area (TPSA) is 58.6 Å². The Bertz CT molecular complexity index is 504. The van der Waals surface area contributed by atoms with Crippen molar-refractivity contribution in [2.75, 3.05) is 13.7 Å². The van der Waals surface area contributed by atoms with Crippen molar-refractivity contribution in [1.82, 2.24) is 10.2 Å². The molecule has 1 N–H and O–H groups in total. The molecule has 1 amide bonds. The summed E-state index contributed by atoms with van der Waals surface area (Å²) in [5, 5.41) is 2.92. The predicted octanol–water partition coefficient (Wildman–Crippen LogP) is 1.72. The summed E-state index contributed by atoms with van der Waals surface area (Å²) in [7, 11) is 1.36. The maximum atomic E-state index is 12.4. The number of methoxy groups -OCH3 is 1. The lowest BCUT2D eigenvalue weighted by atomic mass is 10.1. The van der Waals surface area contributed by atoms with Crippen LogP contribution in [-0.4, -0.2) is 42.5 Å². The summed E-state index contributed by atoms with van der Waals surface area (Å²) < 4.78 is 4.63. The van der Waals surface area contributed by atoms with E-state index in [4.69, 9.17) is 0 Å². The molecule has 2 atom stereocenters. The minimum Gasteiger partial charge on any atom is -0.469 e. The second-order valence-electron chi connectivity index (χ2n) is 5.80. The second-order valence-corrected chi connectivity index (χ2v) is 5.80. The first-order chi connectivity index (χ1) is 10.6. The van der Waals surface area contributed by atoms with E-state index < -0.39 is 0 Å². The van der Waals surface area contributed by atoms with Crippen LogP contribution >= 0.6 is 0 Å². The van der Waals surface area contributed by atoms with Crippen molar-refractivity contribution in [2.24, 2.45) is 0 Å². The fraction of sp³-hybridized carbons (Fsp3) is 0.529. The molecule has 0 spiro atoms. The van der Waals surface area contributed by atoms with Crippen molar-refractivity contribution in [3.63, 3.8) is 0 Å². The Labute approximate surface area is 131 Å². The highest BCUT2D eigenvalue weighted by Crippen LogP contribution is 2.20. The van der Waals surface area contributed by atoms with Gasteiger partial charge in [-0.15, -0.1) is 0 Å². The minimum absolute atomic E-state index is 0.00448. The molecule has 5 nitrogen and oxygen atoms in total. The monoisotopic (exact) mass is 304 g/mol. The average Bonchev–Trinajstić information content (AvgIpc) is 2.96. The van der Waals surface area contributed by atoms with Gasteiger partial charge >= 0.3 is 5.97 Å². The number of nitrogens with one attached hydrogen (secondary N) is 1. The fourth-order valence-electron chi connectivity index (χ4n) is 2.85. The number of likely N-dealkylation sites (tertiary alicyclic amines) is 1. The summed E-state index contributed by atoms with van der Waals surface area (Å²) >= 11 is 0. The van der Waals surface area contributed by atoms with Gasteiger partial charge in [-0.05, 0) is 31.9 Å². The molecule has 0 aromatic heterocycles. The molecule has 0 radical (unpaired) electrons. The molecule has 2 rings (SSSR count). The Morgan fingerprint density at radius 2 is 2.09 bits per heavy atom. The van der Waals surface area contributed by atoms with Crippen LogP contribution in [0.2, 0.25) is 0 Å². The number of hydrogen-bond donors (Lipinski definition) is 1. The van der Waals surface area contributed by atoms with Crippen LogP contribution in [0.1, 0.15) is 31.7 Å². The highest BCUT2D eigenvalue weighted by atomic mass is 16.5. The van der Waals surface area contributed by atoms with E-state index in [0.29, 0.717) is 0 Å². The van der Waals surface area contributed by atoms with E-state index in [9.17, 15) is 9.59 Å². The Morgan fingerprint density at radius 1 is 1.36 bits per heavy atom. The van der Waals surface area contributed by atoms with Crippen molar-refractivity contribution in [3.8, 4) is 0 Å². The second kappa shape index (κ2) is 7.94. The van der Waals surface area contributed by atoms with Crippen molar-refractivity contribution < 1.29 is 14.3 Å². The average molecular weight is 304 g/mol. The summed E-state index contributed by atoms with van der Waals surface area (Å²) in [6.07, 6.45) is 2.09. The van der Waals surface area contributed by atoms with Gasteiger partial charge in [0.15, 0.2) is 0 Å². The molecular formula is C17H24N2O3. The number of ether oxygens (including phenoxy) is 1. The zero-order chi connectivity index (χ0) is 15.9. The van der Waals surface area contributed by atoms with Gasteiger partial charge < -0.3 is 10.1 Å². The van der Waals surface area contributed by atoms with Crippen LogP contribution < -0.4 is 5.32 Å². The molecular weight excluding hydrogens is 280 g/mol. The standard InChI is InChI=1S/C17H24N2O3/c1-13(11-16(20)22-2)18-17(21)15-9-6-10-19(15)12-14-7-4-3-5-8-14/h3-5,7-8,13,15H,6,9-12H2,1-2H3,(H,18,21)/t13-,15-/m0/s1. The largest absolute Gasteiger partial charge is 0.469 e. The van der Waals surface area contributed by atoms with Crippen LogP contribution in [0, 0.1) is 0 Å². The number of esters is 1. The normalized spacial score (nSPS) is 19.6. The summed E-state index contributed by atoms with van der Waals surface area (Å²) in [5.74, 6) is -0.301. The zero-order valence-electron chi connectivity index (χ0n) is 13.2. The summed E-state index contributed by atoms with van der Waals surface area (Å²) in [4.78, 5) is 25.9. The van der Waals surface area contributed by atoms with Gasteiger partial charge in [0.25, 0.3) is 0 Å². The van der Waals surface area contributed by atoms with Crippen LogP contribution in [0.4, 0.5) is 0 Å². The van der Waals surface area contributed by atoms with E-state index >= 15 is 0 Å². The van der Waals surface area contributed by atoms with Crippen LogP contribution in [0.5, 0.6) is 0 Å². The molecule has 22 heavy (non-hydrogen) atoms. The maximum absolute atomic E-state index is 12.4. The van der Waals surface area contributed by atoms with Crippen LogP contribution in [0.3, 0.4) is 0 Å². The highest BCUT2D eigenvalue weighted by Gasteiger charge is 2.31. The SMILES string of the molecule is COC(=O)C[C@H](C)NC(=O)[C@@H]1CCCN1Cc1ccccc1. The van der Waals surface area contributed by atoms with Gasteiger partial charge in [-0.3, -0.25) is 14.5 Å². The molecule has 1 heterocycles. The molecule has 1 aromatic carbocycles. The van der Waals surface area contributed by atoms with Gasteiger partial charge in [0.05, 0.1) is 19.6 Å². The van der Waals surface area contributed by atoms with E-state index in [0.717, 1.165) is 25.9 Å². The summed E-state index contributed by atoms with van der Waals surface area (Å²) in [6.45, 7) is 3.54. The molecule has 0 aliphatic carbocycles. The van der Waals surface area contributed by atoms with E-state index in [1.807, 2.05) is 25.1 Å². The lowest BCUT2D eigenvalue weighted by Crippen LogP contribution is -2.46. The molecule has 120 valence electrons. The Kier molecular flexibility index (Phi) is 5.95. The van der Waals surface area contributed by atoms with Crippen LogP contribution in [0.25, 0.3) is 0 Å². The van der Waals surface area contributed by atoms with Gasteiger partial charge in [0.2, 0.25) is 5.91 Å². The number of carbonyl (C=O) groups is 2. The Balaban J connectivity index is 1.89. The molecule has 0 bridgehead atoms. The van der Waals surface area contributed by atoms with Crippen molar-refractivity contribution in [3.05, 3.63) is 35.9 Å². The predicted molar refractivity (Wildman–Crippen MR) is 84.1 cm³/mol. The number of nitrogens with zero attached hydrogens (tertiary/aromatic N) is 1. The van der Waals surface area contributed by atoms with Gasteiger partial charge in [-0.1, -0.05) is 30.3 Å². The molecule has 1 fully saturated rings. The number of hydrogen-bond acceptors (Lipinski definition) is 4. The third kappa shape index (κ3) is 4.56. The van der Waals surface area contributed by atoms with Gasteiger partial charge in [-0.2, -0.15) is 0 Å². The molecule has 1 aliphatic heterocycles. The van der Waals surface area contributed by atoms with E-state index in [1.54, 1.807) is 0 Å². The van der Waals surface area contributed by atoms with Crippen LogP contribution in [-0.2, 0) is 20.9 Å². The number of benzene rings is 1. The van der Waals surface area contributed by atoms with E-state index in [1.165, 1.54) is 12.7 Å². The van der Waals surface area contributed by atoms with Crippen LogP contribution in [0.15, 0.2) is 30.3 Å². The van der Waals surface area contributed by atoms with E-state index in [-0.39, 0.29) is 30.4 Å². The minimum atomic E-state index is -0.305. The van der Waals surface area contributed by atoms with Gasteiger partial charge in [-0.25, -0.2) is 0 Å². The van der Waals surface area contributed by atoms with E-state index in [2.05, 4.69) is 27.1 Å². The molecule has 0 unspecified atom stereocenters. The van der Waals surface area contributed by atoms with Crippen molar-refractivity contribution in [2.45, 2.75) is 44.8 Å². The first-order valence-corrected chi connectivity index (χ1v) is 7.75. The zero-order valence-corrected chi connectivity index (χ0v) is 13.2. The molecule has 1 saturated heterocycles. The van der Waals surface area contributed by atoms with Gasteiger partial charge in [0, 0.05) is 12.6 Å². The maximum Gasteiger partial charge on any atom is 0.307 e. The fourth-order valence-corrected chi connectivity index (χ4v) is 2.85. The van der Waals surface area contributed by atoms with Crippen molar-refractivity contribution >= 4 is 11.9 Å². The Hall–Kier alpha value is -1.88. The molecule has 0 saturated carbocycles. The summed E-state index contributed by atoms with van der Waals surface area (Å²) in [5.41, 5.74) is 1.21. The first-order valence-electron chi connectivity index (χ1n) is 7.75.